The van der Waals surface area contributed by atoms with Crippen molar-refractivity contribution in [2.45, 2.75) is 78.0 Å². The summed E-state index contributed by atoms with van der Waals surface area (Å²) in [6.45, 7) is 11.8. The standard InChI is InChI=1S/C14H30O2Si/c1-6-15-17(5,12(2)3)16-13(4)14-10-8-7-9-11-14/h12-14H,6-11H2,1-5H3. The smallest absolute Gasteiger partial charge is 0.337 e. The highest BCUT2D eigenvalue weighted by atomic mass is 28.4. The molecule has 0 aromatic carbocycles. The van der Waals surface area contributed by atoms with Crippen LogP contribution in [0.25, 0.3) is 0 Å². The largest absolute Gasteiger partial charge is 0.394 e. The molecule has 0 aromatic heterocycles. The summed E-state index contributed by atoms with van der Waals surface area (Å²) in [6, 6.07) is 0. The van der Waals surface area contributed by atoms with E-state index in [2.05, 4.69) is 34.2 Å². The molecule has 1 rings (SSSR count). The van der Waals surface area contributed by atoms with Crippen LogP contribution in [0.4, 0.5) is 0 Å². The maximum atomic E-state index is 6.40. The quantitative estimate of drug-likeness (QED) is 0.654. The summed E-state index contributed by atoms with van der Waals surface area (Å²) in [6.07, 6.45) is 7.24. The molecule has 1 saturated carbocycles. The van der Waals surface area contributed by atoms with Crippen molar-refractivity contribution in [1.29, 1.82) is 0 Å². The molecule has 0 saturated heterocycles. The predicted molar refractivity (Wildman–Crippen MR) is 75.5 cm³/mol. The third-order valence-corrected chi connectivity index (χ3v) is 8.01. The van der Waals surface area contributed by atoms with Crippen molar-refractivity contribution in [2.24, 2.45) is 5.92 Å². The van der Waals surface area contributed by atoms with E-state index < -0.39 is 8.56 Å². The molecule has 0 amide bonds. The van der Waals surface area contributed by atoms with Crippen LogP contribution < -0.4 is 0 Å². The SMILES string of the molecule is CCO[Si](C)(OC(C)C1CCCCC1)C(C)C. The summed E-state index contributed by atoms with van der Waals surface area (Å²) in [4.78, 5) is 0. The zero-order valence-corrected chi connectivity index (χ0v) is 13.3. The van der Waals surface area contributed by atoms with Gasteiger partial charge in [0.25, 0.3) is 0 Å². The van der Waals surface area contributed by atoms with Gasteiger partial charge in [0.05, 0.1) is 0 Å². The lowest BCUT2D eigenvalue weighted by Gasteiger charge is -2.37. The molecule has 2 nitrogen and oxygen atoms in total. The van der Waals surface area contributed by atoms with E-state index in [9.17, 15) is 0 Å². The van der Waals surface area contributed by atoms with Crippen LogP contribution in [0.5, 0.6) is 0 Å². The lowest BCUT2D eigenvalue weighted by Crippen LogP contribution is -2.46. The molecule has 1 aliphatic rings. The molecular formula is C14H30O2Si. The van der Waals surface area contributed by atoms with Crippen molar-refractivity contribution >= 4 is 8.56 Å². The van der Waals surface area contributed by atoms with Crippen LogP contribution in [0, 0.1) is 5.92 Å². The lowest BCUT2D eigenvalue weighted by molar-refractivity contribution is 0.0697. The molecule has 0 radical (unpaired) electrons. The summed E-state index contributed by atoms with van der Waals surface area (Å²) in [7, 11) is -1.97. The van der Waals surface area contributed by atoms with Crippen LogP contribution >= 0.6 is 0 Å². The van der Waals surface area contributed by atoms with Crippen LogP contribution in [0.1, 0.15) is 59.8 Å². The fourth-order valence-corrected chi connectivity index (χ4v) is 4.87. The molecule has 102 valence electrons. The lowest BCUT2D eigenvalue weighted by atomic mass is 9.86. The van der Waals surface area contributed by atoms with E-state index >= 15 is 0 Å². The zero-order chi connectivity index (χ0) is 12.9. The van der Waals surface area contributed by atoms with Gasteiger partial charge >= 0.3 is 8.56 Å². The second kappa shape index (κ2) is 6.91. The monoisotopic (exact) mass is 258 g/mol. The van der Waals surface area contributed by atoms with Crippen molar-refractivity contribution in [2.75, 3.05) is 6.61 Å². The first kappa shape index (κ1) is 15.2. The Morgan fingerprint density at radius 1 is 1.12 bits per heavy atom. The van der Waals surface area contributed by atoms with E-state index in [1.54, 1.807) is 0 Å². The molecule has 2 atom stereocenters. The summed E-state index contributed by atoms with van der Waals surface area (Å²) in [5.74, 6) is 0.759. The minimum Gasteiger partial charge on any atom is -0.394 e. The molecule has 0 bridgehead atoms. The summed E-state index contributed by atoms with van der Waals surface area (Å²) in [5, 5.41) is 0. The third-order valence-electron chi connectivity index (χ3n) is 4.21. The van der Waals surface area contributed by atoms with Gasteiger partial charge in [-0.3, -0.25) is 0 Å². The van der Waals surface area contributed by atoms with Crippen molar-refractivity contribution in [3.8, 4) is 0 Å². The van der Waals surface area contributed by atoms with Gasteiger partial charge in [-0.15, -0.1) is 0 Å². The van der Waals surface area contributed by atoms with Gasteiger partial charge in [-0.25, -0.2) is 0 Å². The molecule has 0 spiro atoms. The molecule has 3 heteroatoms. The maximum Gasteiger partial charge on any atom is 0.337 e. The van der Waals surface area contributed by atoms with Gasteiger partial charge in [-0.05, 0) is 44.7 Å². The first-order chi connectivity index (χ1) is 7.99. The van der Waals surface area contributed by atoms with Gasteiger partial charge in [0.15, 0.2) is 0 Å². The fourth-order valence-electron chi connectivity index (χ4n) is 2.69. The molecule has 0 heterocycles. The van der Waals surface area contributed by atoms with Gasteiger partial charge < -0.3 is 8.85 Å². The van der Waals surface area contributed by atoms with Crippen LogP contribution in [0.2, 0.25) is 12.1 Å². The van der Waals surface area contributed by atoms with E-state index in [4.69, 9.17) is 8.85 Å². The molecule has 1 fully saturated rings. The van der Waals surface area contributed by atoms with Crippen molar-refractivity contribution in [3.05, 3.63) is 0 Å². The van der Waals surface area contributed by atoms with Gasteiger partial charge in [0, 0.05) is 12.7 Å². The second-order valence-electron chi connectivity index (χ2n) is 5.82. The Morgan fingerprint density at radius 3 is 2.18 bits per heavy atom. The predicted octanol–water partition coefficient (Wildman–Crippen LogP) is 4.49. The Kier molecular flexibility index (Phi) is 6.17. The minimum absolute atomic E-state index is 0.376. The van der Waals surface area contributed by atoms with Crippen LogP contribution in [0.15, 0.2) is 0 Å². The highest BCUT2D eigenvalue weighted by Crippen LogP contribution is 2.32. The number of rotatable bonds is 6. The zero-order valence-electron chi connectivity index (χ0n) is 12.3. The van der Waals surface area contributed by atoms with E-state index in [0.717, 1.165) is 12.5 Å². The average Bonchev–Trinajstić information content (AvgIpc) is 2.30. The van der Waals surface area contributed by atoms with E-state index in [0.29, 0.717) is 11.6 Å². The average molecular weight is 258 g/mol. The Hall–Kier alpha value is 0.137. The number of hydrogen-bond acceptors (Lipinski definition) is 2. The Labute approximate surface area is 108 Å². The Morgan fingerprint density at radius 2 is 1.71 bits per heavy atom. The third kappa shape index (κ3) is 4.38. The van der Waals surface area contributed by atoms with E-state index in [-0.39, 0.29) is 0 Å². The topological polar surface area (TPSA) is 18.5 Å². The minimum atomic E-state index is -1.97. The van der Waals surface area contributed by atoms with Crippen molar-refractivity contribution < 1.29 is 8.85 Å². The Bertz CT molecular complexity index is 214. The van der Waals surface area contributed by atoms with Crippen LogP contribution in [-0.2, 0) is 8.85 Å². The normalized spacial score (nSPS) is 23.6. The highest BCUT2D eigenvalue weighted by Gasteiger charge is 2.38. The first-order valence-electron chi connectivity index (χ1n) is 7.31. The second-order valence-corrected chi connectivity index (χ2v) is 9.54. The van der Waals surface area contributed by atoms with Crippen molar-refractivity contribution in [3.63, 3.8) is 0 Å². The summed E-state index contributed by atoms with van der Waals surface area (Å²) < 4.78 is 12.4. The maximum absolute atomic E-state index is 6.40. The molecule has 0 N–H and O–H groups in total. The molecule has 1 aliphatic carbocycles. The van der Waals surface area contributed by atoms with Gasteiger partial charge in [0.2, 0.25) is 0 Å². The van der Waals surface area contributed by atoms with Gasteiger partial charge in [-0.1, -0.05) is 33.1 Å². The van der Waals surface area contributed by atoms with Crippen LogP contribution in [-0.4, -0.2) is 21.3 Å². The fraction of sp³-hybridized carbons (Fsp3) is 1.00. The molecule has 17 heavy (non-hydrogen) atoms. The first-order valence-corrected chi connectivity index (χ1v) is 9.70. The molecule has 0 aliphatic heterocycles. The van der Waals surface area contributed by atoms with Gasteiger partial charge in [0.1, 0.15) is 0 Å². The highest BCUT2D eigenvalue weighted by molar-refractivity contribution is 6.67. The Balaban J connectivity index is 2.53. The van der Waals surface area contributed by atoms with Gasteiger partial charge in [-0.2, -0.15) is 0 Å². The molecule has 2 unspecified atom stereocenters. The summed E-state index contributed by atoms with van der Waals surface area (Å²) in [5.41, 5.74) is 0.522. The molecule has 0 aromatic rings. The molecular weight excluding hydrogens is 228 g/mol. The van der Waals surface area contributed by atoms with E-state index in [1.165, 1.54) is 32.1 Å². The van der Waals surface area contributed by atoms with E-state index in [1.807, 2.05) is 0 Å². The van der Waals surface area contributed by atoms with Crippen LogP contribution in [0.3, 0.4) is 0 Å². The summed E-state index contributed by atoms with van der Waals surface area (Å²) >= 11 is 0. The van der Waals surface area contributed by atoms with Crippen molar-refractivity contribution in [1.82, 2.24) is 0 Å². The number of hydrogen-bond donors (Lipinski definition) is 0.